The third-order valence-corrected chi connectivity index (χ3v) is 4.72. The van der Waals surface area contributed by atoms with E-state index in [0.29, 0.717) is 47.0 Å². The predicted octanol–water partition coefficient (Wildman–Crippen LogP) is 1.32. The number of β-amino-alcohol motifs (C(OH)–C–C–N with tert-alkyl or cyclic N) is 1. The Balaban J connectivity index is 1.52. The van der Waals surface area contributed by atoms with Crippen molar-refractivity contribution in [2.24, 2.45) is 0 Å². The van der Waals surface area contributed by atoms with Crippen molar-refractivity contribution in [3.05, 3.63) is 41.5 Å². The molecule has 9 nitrogen and oxygen atoms in total. The molecule has 4 rings (SSSR count). The van der Waals surface area contributed by atoms with Crippen LogP contribution in [0.4, 0.5) is 5.95 Å². The molecule has 0 bridgehead atoms. The van der Waals surface area contributed by atoms with Gasteiger partial charge >= 0.3 is 0 Å². The van der Waals surface area contributed by atoms with Crippen molar-refractivity contribution in [1.82, 2.24) is 25.0 Å². The maximum atomic E-state index is 13.1. The monoisotopic (exact) mass is 368 g/mol. The Morgan fingerprint density at radius 1 is 1.33 bits per heavy atom. The van der Waals surface area contributed by atoms with Crippen LogP contribution in [0, 0.1) is 13.8 Å². The van der Waals surface area contributed by atoms with Crippen LogP contribution < -0.4 is 5.32 Å². The predicted molar refractivity (Wildman–Crippen MR) is 97.2 cm³/mol. The Labute approximate surface area is 155 Å². The molecule has 3 aromatic rings. The lowest BCUT2D eigenvalue weighted by Gasteiger charge is -2.36. The van der Waals surface area contributed by atoms with Crippen molar-refractivity contribution in [3.63, 3.8) is 0 Å². The topological polar surface area (TPSA) is 117 Å². The number of carbonyl (C=O) groups excluding carboxylic acids is 1. The van der Waals surface area contributed by atoms with Gasteiger partial charge in [0.25, 0.3) is 11.6 Å². The van der Waals surface area contributed by atoms with E-state index in [1.807, 2.05) is 0 Å². The lowest BCUT2D eigenvalue weighted by atomic mass is 10.00. The number of hydrogen-bond donors (Lipinski definition) is 2. The highest BCUT2D eigenvalue weighted by Gasteiger charge is 2.32. The number of nitrogens with one attached hydrogen (secondary N) is 1. The van der Waals surface area contributed by atoms with Crippen LogP contribution in [-0.2, 0) is 0 Å². The fraction of sp³-hybridized carbons (Fsp3) is 0.389. The quantitative estimate of drug-likeness (QED) is 0.711. The van der Waals surface area contributed by atoms with Gasteiger partial charge < -0.3 is 19.8 Å². The molecule has 4 heterocycles. The molecule has 2 N–H and O–H groups in total. The summed E-state index contributed by atoms with van der Waals surface area (Å²) in [5.74, 6) is 0.304. The maximum absolute atomic E-state index is 13.1. The fourth-order valence-corrected chi connectivity index (χ4v) is 3.38. The third-order valence-electron chi connectivity index (χ3n) is 4.72. The molecular formula is C18H20N6O3. The van der Waals surface area contributed by atoms with Gasteiger partial charge in [-0.1, -0.05) is 5.16 Å². The van der Waals surface area contributed by atoms with Crippen molar-refractivity contribution in [3.8, 4) is 0 Å². The molecule has 1 aliphatic heterocycles. The summed E-state index contributed by atoms with van der Waals surface area (Å²) in [4.78, 5) is 27.3. The first-order valence-corrected chi connectivity index (χ1v) is 8.77. The van der Waals surface area contributed by atoms with Gasteiger partial charge in [-0.25, -0.2) is 15.0 Å². The molecule has 0 saturated carbocycles. The van der Waals surface area contributed by atoms with E-state index in [4.69, 9.17) is 4.52 Å². The van der Waals surface area contributed by atoms with Crippen LogP contribution in [0.3, 0.4) is 0 Å². The van der Waals surface area contributed by atoms with E-state index in [2.05, 4.69) is 25.4 Å². The molecule has 9 heteroatoms. The molecule has 3 aromatic heterocycles. The number of piperidine rings is 1. The molecule has 1 saturated heterocycles. The summed E-state index contributed by atoms with van der Waals surface area (Å²) in [5.41, 5.74) is 2.16. The first-order chi connectivity index (χ1) is 13.0. The van der Waals surface area contributed by atoms with Crippen molar-refractivity contribution < 1.29 is 14.4 Å². The minimum Gasteiger partial charge on any atom is -0.389 e. The second kappa shape index (κ2) is 6.92. The van der Waals surface area contributed by atoms with E-state index < -0.39 is 6.10 Å². The number of rotatable bonds is 3. The van der Waals surface area contributed by atoms with Crippen molar-refractivity contribution in [2.45, 2.75) is 32.4 Å². The highest BCUT2D eigenvalue weighted by Crippen LogP contribution is 2.25. The molecule has 0 aliphatic carbocycles. The van der Waals surface area contributed by atoms with Gasteiger partial charge in [0.2, 0.25) is 5.95 Å². The number of aliphatic hydroxyl groups is 1. The van der Waals surface area contributed by atoms with Gasteiger partial charge in [0.05, 0.1) is 28.8 Å². The molecule has 1 aliphatic rings. The van der Waals surface area contributed by atoms with Crippen LogP contribution in [0.5, 0.6) is 0 Å². The average molecular weight is 368 g/mol. The van der Waals surface area contributed by atoms with Gasteiger partial charge in [0.1, 0.15) is 0 Å². The van der Waals surface area contributed by atoms with Gasteiger partial charge in [0, 0.05) is 31.2 Å². The van der Waals surface area contributed by atoms with E-state index in [9.17, 15) is 9.90 Å². The van der Waals surface area contributed by atoms with Crippen molar-refractivity contribution >= 4 is 23.0 Å². The lowest BCUT2D eigenvalue weighted by Crippen LogP contribution is -2.51. The van der Waals surface area contributed by atoms with Crippen LogP contribution >= 0.6 is 0 Å². The Morgan fingerprint density at radius 2 is 2.11 bits per heavy atom. The average Bonchev–Trinajstić information content (AvgIpc) is 3.03. The number of aliphatic hydroxyl groups excluding tert-OH is 1. The number of nitrogens with zero attached hydrogens (tertiary/aromatic N) is 5. The normalized spacial score (nSPS) is 20.0. The number of carbonyl (C=O) groups is 1. The van der Waals surface area contributed by atoms with Gasteiger partial charge in [-0.15, -0.1) is 0 Å². The second-order valence-corrected chi connectivity index (χ2v) is 6.69. The molecule has 0 radical (unpaired) electrons. The van der Waals surface area contributed by atoms with Crippen LogP contribution in [0.15, 0.2) is 29.0 Å². The molecule has 140 valence electrons. The molecule has 0 aromatic carbocycles. The summed E-state index contributed by atoms with van der Waals surface area (Å²) < 4.78 is 5.21. The van der Waals surface area contributed by atoms with Crippen LogP contribution in [0.1, 0.15) is 28.2 Å². The molecule has 27 heavy (non-hydrogen) atoms. The van der Waals surface area contributed by atoms with E-state index in [-0.39, 0.29) is 18.5 Å². The van der Waals surface area contributed by atoms with Crippen LogP contribution in [0.25, 0.3) is 11.1 Å². The SMILES string of the molecule is Cc1cc(C(=O)N2CC[C@@H](Nc3ncccn3)[C@H](O)C2)c2c(C)noc2n1. The van der Waals surface area contributed by atoms with Gasteiger partial charge in [0.15, 0.2) is 0 Å². The number of aryl methyl sites for hydroxylation is 2. The van der Waals surface area contributed by atoms with E-state index >= 15 is 0 Å². The summed E-state index contributed by atoms with van der Waals surface area (Å²) in [6.45, 7) is 4.31. The number of amides is 1. The number of aromatic nitrogens is 4. The van der Waals surface area contributed by atoms with E-state index in [0.717, 1.165) is 0 Å². The van der Waals surface area contributed by atoms with Crippen LogP contribution in [0.2, 0.25) is 0 Å². The second-order valence-electron chi connectivity index (χ2n) is 6.69. The van der Waals surface area contributed by atoms with Crippen molar-refractivity contribution in [1.29, 1.82) is 0 Å². The molecular weight excluding hydrogens is 348 g/mol. The lowest BCUT2D eigenvalue weighted by molar-refractivity contribution is 0.0426. The Kier molecular flexibility index (Phi) is 4.44. The molecule has 2 atom stereocenters. The Hall–Kier alpha value is -3.07. The third kappa shape index (κ3) is 3.33. The zero-order chi connectivity index (χ0) is 19.0. The zero-order valence-corrected chi connectivity index (χ0v) is 15.1. The van der Waals surface area contributed by atoms with Crippen LogP contribution in [-0.4, -0.2) is 61.3 Å². The first kappa shape index (κ1) is 17.3. The zero-order valence-electron chi connectivity index (χ0n) is 15.1. The van der Waals surface area contributed by atoms with Gasteiger partial charge in [-0.05, 0) is 32.4 Å². The maximum Gasteiger partial charge on any atom is 0.258 e. The summed E-state index contributed by atoms with van der Waals surface area (Å²) in [5, 5.41) is 18.2. The molecule has 0 unspecified atom stereocenters. The summed E-state index contributed by atoms with van der Waals surface area (Å²) in [6, 6.07) is 3.25. The molecule has 1 fully saturated rings. The molecule has 0 spiro atoms. The Bertz CT molecular complexity index is 974. The summed E-state index contributed by atoms with van der Waals surface area (Å²) in [7, 11) is 0. The first-order valence-electron chi connectivity index (χ1n) is 8.77. The standard InChI is InChI=1S/C18H20N6O3/c1-10-8-12(15-11(2)23-27-16(15)21-10)17(26)24-7-4-13(14(25)9-24)22-18-19-5-3-6-20-18/h3,5-6,8,13-14,25H,4,7,9H2,1-2H3,(H,19,20,22)/t13-,14-/m1/s1. The molecule has 1 amide bonds. The number of fused-ring (bicyclic) bond motifs is 1. The number of pyridine rings is 1. The van der Waals surface area contributed by atoms with Gasteiger partial charge in [-0.2, -0.15) is 0 Å². The number of anilines is 1. The van der Waals surface area contributed by atoms with Crippen molar-refractivity contribution in [2.75, 3.05) is 18.4 Å². The Morgan fingerprint density at radius 3 is 2.85 bits per heavy atom. The highest BCUT2D eigenvalue weighted by molar-refractivity contribution is 6.06. The number of hydrogen-bond acceptors (Lipinski definition) is 8. The fourth-order valence-electron chi connectivity index (χ4n) is 3.38. The summed E-state index contributed by atoms with van der Waals surface area (Å²) in [6.07, 6.45) is 3.13. The smallest absolute Gasteiger partial charge is 0.258 e. The van der Waals surface area contributed by atoms with Gasteiger partial charge in [-0.3, -0.25) is 4.79 Å². The van der Waals surface area contributed by atoms with E-state index in [1.54, 1.807) is 43.3 Å². The minimum absolute atomic E-state index is 0.162. The minimum atomic E-state index is -0.728. The summed E-state index contributed by atoms with van der Waals surface area (Å²) >= 11 is 0. The largest absolute Gasteiger partial charge is 0.389 e. The highest BCUT2D eigenvalue weighted by atomic mass is 16.5. The number of likely N-dealkylation sites (tertiary alicyclic amines) is 1. The van der Waals surface area contributed by atoms with E-state index in [1.165, 1.54) is 0 Å².